The van der Waals surface area contributed by atoms with Crippen molar-refractivity contribution in [2.24, 2.45) is 0 Å². The number of esters is 1. The van der Waals surface area contributed by atoms with E-state index in [0.717, 1.165) is 11.1 Å². The van der Waals surface area contributed by atoms with Crippen molar-refractivity contribution < 1.29 is 24.5 Å². The summed E-state index contributed by atoms with van der Waals surface area (Å²) in [7, 11) is 0. The molecule has 0 aliphatic carbocycles. The van der Waals surface area contributed by atoms with E-state index < -0.39 is 11.6 Å². The van der Waals surface area contributed by atoms with Gasteiger partial charge in [-0.25, -0.2) is 4.79 Å². The van der Waals surface area contributed by atoms with Crippen molar-refractivity contribution in [1.82, 2.24) is 0 Å². The smallest absolute Gasteiger partial charge is 0.340 e. The van der Waals surface area contributed by atoms with E-state index in [0.29, 0.717) is 45.7 Å². The van der Waals surface area contributed by atoms with Crippen LogP contribution in [0.25, 0.3) is 6.08 Å². The summed E-state index contributed by atoms with van der Waals surface area (Å²) in [6.07, 6.45) is 2.06. The topological polar surface area (TPSA) is 76.0 Å². The molecule has 4 aromatic carbocycles. The maximum atomic E-state index is 13.1. The molecule has 0 fully saturated rings. The average molecular weight is 448 g/mol. The minimum Gasteiger partial charge on any atom is -0.508 e. The van der Waals surface area contributed by atoms with Crippen LogP contribution in [0.1, 0.15) is 43.7 Å². The van der Waals surface area contributed by atoms with E-state index in [2.05, 4.69) is 6.58 Å². The summed E-state index contributed by atoms with van der Waals surface area (Å²) >= 11 is 0. The van der Waals surface area contributed by atoms with E-state index in [9.17, 15) is 15.0 Å². The molecule has 6 rings (SSSR count). The zero-order valence-electron chi connectivity index (χ0n) is 18.1. The molecular formula is C29H20O5. The number of aromatic hydroxyl groups is 2. The average Bonchev–Trinajstić information content (AvgIpc) is 3.12. The van der Waals surface area contributed by atoms with Gasteiger partial charge in [0.2, 0.25) is 0 Å². The molecule has 166 valence electrons. The van der Waals surface area contributed by atoms with E-state index in [-0.39, 0.29) is 11.5 Å². The van der Waals surface area contributed by atoms with Crippen LogP contribution in [0.2, 0.25) is 0 Å². The fraction of sp³-hybridized carbons (Fsp3) is 0.0690. The lowest BCUT2D eigenvalue weighted by molar-refractivity contribution is 0.0221. The predicted octanol–water partition coefficient (Wildman–Crippen LogP) is 5.90. The molecule has 0 amide bonds. The van der Waals surface area contributed by atoms with Gasteiger partial charge in [-0.2, -0.15) is 0 Å². The second kappa shape index (κ2) is 7.25. The number of carbonyl (C=O) groups excluding carboxylic acids is 1. The van der Waals surface area contributed by atoms with Gasteiger partial charge in [0.15, 0.2) is 5.60 Å². The summed E-state index contributed by atoms with van der Waals surface area (Å²) in [6, 6.07) is 23.4. The van der Waals surface area contributed by atoms with Gasteiger partial charge in [-0.05, 0) is 35.7 Å². The number of carbonyl (C=O) groups is 1. The molecule has 1 spiro atoms. The maximum Gasteiger partial charge on any atom is 0.340 e. The van der Waals surface area contributed by atoms with Gasteiger partial charge in [0, 0.05) is 28.8 Å². The molecule has 4 aromatic rings. The molecule has 0 bridgehead atoms. The summed E-state index contributed by atoms with van der Waals surface area (Å²) in [5.41, 5.74) is 3.40. The Hall–Kier alpha value is -4.51. The fourth-order valence-electron chi connectivity index (χ4n) is 5.13. The molecule has 2 aliphatic rings. The van der Waals surface area contributed by atoms with Crippen LogP contribution in [0.3, 0.4) is 0 Å². The fourth-order valence-corrected chi connectivity index (χ4v) is 5.13. The molecule has 2 aliphatic heterocycles. The van der Waals surface area contributed by atoms with E-state index in [1.807, 2.05) is 42.5 Å². The molecule has 0 saturated heterocycles. The van der Waals surface area contributed by atoms with Gasteiger partial charge < -0.3 is 19.7 Å². The molecule has 2 N–H and O–H groups in total. The molecule has 34 heavy (non-hydrogen) atoms. The first kappa shape index (κ1) is 20.1. The highest BCUT2D eigenvalue weighted by molar-refractivity contribution is 5.97. The Labute approximate surface area is 196 Å². The monoisotopic (exact) mass is 448 g/mol. The number of ether oxygens (including phenoxy) is 2. The molecule has 0 radical (unpaired) electrons. The third-order valence-corrected chi connectivity index (χ3v) is 6.53. The van der Waals surface area contributed by atoms with Crippen LogP contribution in [0.5, 0.6) is 23.0 Å². The number of rotatable bonds is 3. The highest BCUT2D eigenvalue weighted by atomic mass is 16.6. The van der Waals surface area contributed by atoms with E-state index in [1.54, 1.807) is 30.3 Å². The number of phenols is 2. The minimum atomic E-state index is -1.31. The SMILES string of the molecule is C=Cc1c(O)cc2c(c1Cc1ccccc1)C1(OC(=O)c3ccccc31)c1ccc(O)cc1O2. The van der Waals surface area contributed by atoms with Crippen molar-refractivity contribution in [3.8, 4) is 23.0 Å². The Morgan fingerprint density at radius 1 is 0.882 bits per heavy atom. The Morgan fingerprint density at radius 2 is 1.65 bits per heavy atom. The molecule has 2 heterocycles. The van der Waals surface area contributed by atoms with Crippen LogP contribution < -0.4 is 4.74 Å². The van der Waals surface area contributed by atoms with E-state index in [4.69, 9.17) is 9.47 Å². The lowest BCUT2D eigenvalue weighted by Crippen LogP contribution is -2.34. The molecule has 0 aromatic heterocycles. The summed E-state index contributed by atoms with van der Waals surface area (Å²) in [4.78, 5) is 13.1. The first-order valence-electron chi connectivity index (χ1n) is 10.9. The first-order valence-corrected chi connectivity index (χ1v) is 10.9. The largest absolute Gasteiger partial charge is 0.508 e. The van der Waals surface area contributed by atoms with Crippen molar-refractivity contribution in [1.29, 1.82) is 0 Å². The van der Waals surface area contributed by atoms with Crippen molar-refractivity contribution in [2.75, 3.05) is 0 Å². The zero-order valence-corrected chi connectivity index (χ0v) is 18.1. The quantitative estimate of drug-likeness (QED) is 0.382. The van der Waals surface area contributed by atoms with E-state index >= 15 is 0 Å². The predicted molar refractivity (Wildman–Crippen MR) is 127 cm³/mol. The third-order valence-electron chi connectivity index (χ3n) is 6.53. The maximum absolute atomic E-state index is 13.1. The summed E-state index contributed by atoms with van der Waals surface area (Å²) in [5.74, 6) is 0.300. The van der Waals surface area contributed by atoms with Crippen LogP contribution in [0.15, 0.2) is 85.4 Å². The Morgan fingerprint density at radius 3 is 2.44 bits per heavy atom. The highest BCUT2D eigenvalue weighted by Crippen LogP contribution is 2.59. The van der Waals surface area contributed by atoms with E-state index in [1.165, 1.54) is 12.1 Å². The van der Waals surface area contributed by atoms with Gasteiger partial charge in [-0.1, -0.05) is 61.2 Å². The number of hydrogen-bond acceptors (Lipinski definition) is 5. The standard InChI is InChI=1S/C29H20O5/c1-2-19-21(14-17-8-4-3-5-9-17)27-26(16-24(19)31)33-25-15-18(30)12-13-23(25)29(27)22-11-7-6-10-20(22)28(32)34-29/h2-13,15-16,30-31H,1,14H2. The van der Waals surface area contributed by atoms with Crippen molar-refractivity contribution in [2.45, 2.75) is 12.0 Å². The Kier molecular flexibility index (Phi) is 4.29. The molecule has 1 unspecified atom stereocenters. The number of phenolic OH excluding ortho intramolecular Hbond substituents is 2. The van der Waals surface area contributed by atoms with Gasteiger partial charge in [0.1, 0.15) is 23.0 Å². The lowest BCUT2D eigenvalue weighted by Gasteiger charge is -2.38. The normalized spacial score (nSPS) is 17.4. The summed E-state index contributed by atoms with van der Waals surface area (Å²) < 4.78 is 12.5. The highest BCUT2D eigenvalue weighted by Gasteiger charge is 2.55. The summed E-state index contributed by atoms with van der Waals surface area (Å²) in [6.45, 7) is 3.93. The molecule has 5 nitrogen and oxygen atoms in total. The first-order chi connectivity index (χ1) is 16.5. The Balaban J connectivity index is 1.74. The van der Waals surface area contributed by atoms with Gasteiger partial charge in [0.05, 0.1) is 11.1 Å². The van der Waals surface area contributed by atoms with Gasteiger partial charge in [0.25, 0.3) is 0 Å². The molecule has 0 saturated carbocycles. The zero-order chi connectivity index (χ0) is 23.4. The van der Waals surface area contributed by atoms with Crippen LogP contribution >= 0.6 is 0 Å². The van der Waals surface area contributed by atoms with Crippen LogP contribution in [0, 0.1) is 0 Å². The van der Waals surface area contributed by atoms with Crippen LogP contribution in [0.4, 0.5) is 0 Å². The third kappa shape index (κ3) is 2.70. The number of benzene rings is 4. The van der Waals surface area contributed by atoms with Crippen molar-refractivity contribution in [3.05, 3.63) is 124 Å². The number of fused-ring (bicyclic) bond motifs is 6. The molecule has 1 atom stereocenters. The van der Waals surface area contributed by atoms with Gasteiger partial charge in [-0.3, -0.25) is 0 Å². The van der Waals surface area contributed by atoms with Crippen molar-refractivity contribution in [3.63, 3.8) is 0 Å². The summed E-state index contributed by atoms with van der Waals surface area (Å²) in [5, 5.41) is 21.0. The second-order valence-electron chi connectivity index (χ2n) is 8.43. The van der Waals surface area contributed by atoms with Crippen LogP contribution in [-0.2, 0) is 16.8 Å². The van der Waals surface area contributed by atoms with Crippen LogP contribution in [-0.4, -0.2) is 16.2 Å². The lowest BCUT2D eigenvalue weighted by atomic mass is 9.74. The van der Waals surface area contributed by atoms with Crippen molar-refractivity contribution >= 4 is 12.0 Å². The van der Waals surface area contributed by atoms with Gasteiger partial charge in [-0.15, -0.1) is 0 Å². The molecule has 5 heteroatoms. The minimum absolute atomic E-state index is 0.0102. The second-order valence-corrected chi connectivity index (χ2v) is 8.43. The van der Waals surface area contributed by atoms with Gasteiger partial charge >= 0.3 is 5.97 Å². The molecular weight excluding hydrogens is 428 g/mol. The Bertz CT molecular complexity index is 1490. The number of hydrogen-bond donors (Lipinski definition) is 2.